The molecule has 1 N–H and O–H groups in total. The van der Waals surface area contributed by atoms with E-state index < -0.39 is 17.8 Å². The van der Waals surface area contributed by atoms with E-state index in [0.29, 0.717) is 19.4 Å². The van der Waals surface area contributed by atoms with Crippen molar-refractivity contribution in [2.24, 2.45) is 0 Å². The van der Waals surface area contributed by atoms with Gasteiger partial charge in [-0.05, 0) is 27.2 Å². The molecule has 0 spiro atoms. The van der Waals surface area contributed by atoms with Crippen molar-refractivity contribution in [1.82, 2.24) is 5.32 Å². The fraction of sp³-hybridized carbons (Fsp3) is 0.833. The quantitative estimate of drug-likeness (QED) is 0.818. The number of alkyl carbamates (subject to hydrolysis) is 1. The van der Waals surface area contributed by atoms with Gasteiger partial charge in [0, 0.05) is 13.0 Å². The van der Waals surface area contributed by atoms with Crippen LogP contribution in [-0.4, -0.2) is 36.2 Å². The van der Waals surface area contributed by atoms with Crippen LogP contribution in [0.15, 0.2) is 0 Å². The minimum atomic E-state index is -0.534. The zero-order chi connectivity index (χ0) is 13.1. The van der Waals surface area contributed by atoms with Gasteiger partial charge in [-0.2, -0.15) is 0 Å². The molecule has 0 aromatic carbocycles. The lowest BCUT2D eigenvalue weighted by Gasteiger charge is -2.23. The molecule has 0 aromatic rings. The number of Topliss-reactive ketones (excluding diaryl/α,β-unsaturated/α-hetero) is 1. The number of amides is 1. The number of hydrogen-bond donors (Lipinski definition) is 1. The third-order valence-electron chi connectivity index (χ3n) is 2.46. The summed E-state index contributed by atoms with van der Waals surface area (Å²) in [6.07, 6.45) is 0.0433. The zero-order valence-electron chi connectivity index (χ0n) is 10.9. The SMILES string of the molecule is CCC(=O)[C@H]1OCC[C@H]1NC(=O)OC(C)(C)C. The molecule has 1 aliphatic rings. The van der Waals surface area contributed by atoms with E-state index >= 15 is 0 Å². The molecule has 1 heterocycles. The van der Waals surface area contributed by atoms with Gasteiger partial charge in [-0.25, -0.2) is 4.79 Å². The summed E-state index contributed by atoms with van der Waals surface area (Å²) in [6, 6.07) is -0.266. The first kappa shape index (κ1) is 14.0. The highest BCUT2D eigenvalue weighted by Crippen LogP contribution is 2.16. The largest absolute Gasteiger partial charge is 0.444 e. The summed E-state index contributed by atoms with van der Waals surface area (Å²) in [5.41, 5.74) is -0.534. The number of ketones is 1. The fourth-order valence-corrected chi connectivity index (χ4v) is 1.71. The maximum Gasteiger partial charge on any atom is 0.407 e. The number of nitrogens with one attached hydrogen (secondary N) is 1. The Labute approximate surface area is 102 Å². The second kappa shape index (κ2) is 5.49. The van der Waals surface area contributed by atoms with Crippen LogP contribution in [0.1, 0.15) is 40.5 Å². The van der Waals surface area contributed by atoms with Crippen molar-refractivity contribution in [2.75, 3.05) is 6.61 Å². The minimum Gasteiger partial charge on any atom is -0.444 e. The lowest BCUT2D eigenvalue weighted by Crippen LogP contribution is -2.45. The Morgan fingerprint density at radius 3 is 2.59 bits per heavy atom. The van der Waals surface area contributed by atoms with Gasteiger partial charge in [0.25, 0.3) is 0 Å². The first-order valence-electron chi connectivity index (χ1n) is 5.97. The first-order valence-corrected chi connectivity index (χ1v) is 5.97. The van der Waals surface area contributed by atoms with Gasteiger partial charge in [0.05, 0.1) is 6.04 Å². The van der Waals surface area contributed by atoms with Crippen LogP contribution in [0.25, 0.3) is 0 Å². The van der Waals surface area contributed by atoms with Crippen LogP contribution >= 0.6 is 0 Å². The predicted octanol–water partition coefficient (Wildman–Crippen LogP) is 1.65. The van der Waals surface area contributed by atoms with Crippen LogP contribution < -0.4 is 5.32 Å². The van der Waals surface area contributed by atoms with Crippen molar-refractivity contribution in [1.29, 1.82) is 0 Å². The van der Waals surface area contributed by atoms with Gasteiger partial charge in [0.1, 0.15) is 11.7 Å². The van der Waals surface area contributed by atoms with Crippen molar-refractivity contribution in [3.63, 3.8) is 0 Å². The van der Waals surface area contributed by atoms with Gasteiger partial charge in [-0.3, -0.25) is 4.79 Å². The molecule has 1 amide bonds. The molecule has 5 heteroatoms. The summed E-state index contributed by atoms with van der Waals surface area (Å²) in [4.78, 5) is 23.1. The Balaban J connectivity index is 2.50. The molecule has 2 atom stereocenters. The standard InChI is InChI=1S/C12H21NO4/c1-5-9(14)10-8(6-7-16-10)13-11(15)17-12(2,3)4/h8,10H,5-7H2,1-4H3,(H,13,15)/t8-,10+/m1/s1. The molecular formula is C12H21NO4. The molecule has 0 saturated carbocycles. The number of ether oxygens (including phenoxy) is 2. The molecule has 5 nitrogen and oxygen atoms in total. The van der Waals surface area contributed by atoms with E-state index in [-0.39, 0.29) is 11.8 Å². The zero-order valence-corrected chi connectivity index (χ0v) is 10.9. The van der Waals surface area contributed by atoms with Crippen LogP contribution in [0.3, 0.4) is 0 Å². The van der Waals surface area contributed by atoms with Gasteiger partial charge in [0.2, 0.25) is 0 Å². The van der Waals surface area contributed by atoms with Gasteiger partial charge >= 0.3 is 6.09 Å². The molecule has 0 aliphatic carbocycles. The van der Waals surface area contributed by atoms with Crippen molar-refractivity contribution in [3.05, 3.63) is 0 Å². The van der Waals surface area contributed by atoms with Crippen molar-refractivity contribution in [3.8, 4) is 0 Å². The van der Waals surface area contributed by atoms with Crippen molar-refractivity contribution in [2.45, 2.75) is 58.3 Å². The molecule has 1 saturated heterocycles. The summed E-state index contributed by atoms with van der Waals surface area (Å²) in [6.45, 7) is 7.68. The highest BCUT2D eigenvalue weighted by Gasteiger charge is 2.34. The molecule has 1 fully saturated rings. The minimum absolute atomic E-state index is 0.0172. The van der Waals surface area contributed by atoms with E-state index in [4.69, 9.17) is 9.47 Å². The maximum atomic E-state index is 11.6. The summed E-state index contributed by atoms with van der Waals surface area (Å²) >= 11 is 0. The second-order valence-electron chi connectivity index (χ2n) is 5.15. The van der Waals surface area contributed by atoms with E-state index in [1.54, 1.807) is 27.7 Å². The first-order chi connectivity index (χ1) is 7.83. The third kappa shape index (κ3) is 4.34. The molecule has 17 heavy (non-hydrogen) atoms. The summed E-state index contributed by atoms with van der Waals surface area (Å²) < 4.78 is 10.5. The lowest BCUT2D eigenvalue weighted by molar-refractivity contribution is -0.128. The van der Waals surface area contributed by atoms with Crippen LogP contribution in [0.2, 0.25) is 0 Å². The molecule has 0 unspecified atom stereocenters. The van der Waals surface area contributed by atoms with Crippen LogP contribution in [-0.2, 0) is 14.3 Å². The second-order valence-corrected chi connectivity index (χ2v) is 5.15. The molecule has 0 radical (unpaired) electrons. The summed E-state index contributed by atoms with van der Waals surface area (Å²) in [7, 11) is 0. The third-order valence-corrected chi connectivity index (χ3v) is 2.46. The smallest absolute Gasteiger partial charge is 0.407 e. The highest BCUT2D eigenvalue weighted by molar-refractivity contribution is 5.84. The Bertz CT molecular complexity index is 295. The number of carbonyl (C=O) groups is 2. The maximum absolute atomic E-state index is 11.6. The molecular weight excluding hydrogens is 222 g/mol. The number of hydrogen-bond acceptors (Lipinski definition) is 4. The normalized spacial score (nSPS) is 24.5. The van der Waals surface area contributed by atoms with Gasteiger partial charge in [-0.15, -0.1) is 0 Å². The Kier molecular flexibility index (Phi) is 4.51. The summed E-state index contributed by atoms with van der Waals surface area (Å²) in [5, 5.41) is 2.69. The van der Waals surface area contributed by atoms with Crippen molar-refractivity contribution >= 4 is 11.9 Å². The summed E-state index contributed by atoms with van der Waals surface area (Å²) in [5.74, 6) is 0.0172. The van der Waals surface area contributed by atoms with Crippen molar-refractivity contribution < 1.29 is 19.1 Å². The van der Waals surface area contributed by atoms with Gasteiger partial charge in [0.15, 0.2) is 5.78 Å². The molecule has 1 aliphatic heterocycles. The average Bonchev–Trinajstić information content (AvgIpc) is 2.61. The number of rotatable bonds is 3. The monoisotopic (exact) mass is 243 g/mol. The Hall–Kier alpha value is -1.10. The fourth-order valence-electron chi connectivity index (χ4n) is 1.71. The Morgan fingerprint density at radius 2 is 2.06 bits per heavy atom. The topological polar surface area (TPSA) is 64.6 Å². The van der Waals surface area contributed by atoms with E-state index in [1.165, 1.54) is 0 Å². The predicted molar refractivity (Wildman–Crippen MR) is 62.8 cm³/mol. The lowest BCUT2D eigenvalue weighted by atomic mass is 10.1. The van der Waals surface area contributed by atoms with Crippen LogP contribution in [0.5, 0.6) is 0 Å². The van der Waals surface area contributed by atoms with E-state index in [2.05, 4.69) is 5.32 Å². The molecule has 1 rings (SSSR count). The van der Waals surface area contributed by atoms with Gasteiger partial charge < -0.3 is 14.8 Å². The van der Waals surface area contributed by atoms with E-state index in [1.807, 2.05) is 0 Å². The molecule has 0 aromatic heterocycles. The van der Waals surface area contributed by atoms with Crippen LogP contribution in [0, 0.1) is 0 Å². The average molecular weight is 243 g/mol. The van der Waals surface area contributed by atoms with E-state index in [0.717, 1.165) is 0 Å². The Morgan fingerprint density at radius 1 is 1.41 bits per heavy atom. The van der Waals surface area contributed by atoms with Crippen LogP contribution in [0.4, 0.5) is 4.79 Å². The van der Waals surface area contributed by atoms with E-state index in [9.17, 15) is 9.59 Å². The molecule has 0 bridgehead atoms. The van der Waals surface area contributed by atoms with Gasteiger partial charge in [-0.1, -0.05) is 6.92 Å². The number of carbonyl (C=O) groups excluding carboxylic acids is 2. The molecule has 98 valence electrons. The highest BCUT2D eigenvalue weighted by atomic mass is 16.6.